The number of nitriles is 1. The molecule has 2 atom stereocenters. The van der Waals surface area contributed by atoms with Crippen LogP contribution in [-0.4, -0.2) is 23.3 Å². The molecule has 0 saturated carbocycles. The average molecular weight is 409 g/mol. The van der Waals surface area contributed by atoms with Crippen molar-refractivity contribution in [3.05, 3.63) is 68.4 Å². The Bertz CT molecular complexity index is 955. The molecule has 4 rings (SSSR count). The van der Waals surface area contributed by atoms with E-state index < -0.39 is 0 Å². The Morgan fingerprint density at radius 1 is 1.35 bits per heavy atom. The number of halogens is 1. The topological polar surface area (TPSA) is 80.9 Å². The van der Waals surface area contributed by atoms with Gasteiger partial charge in [-0.25, -0.2) is 4.85 Å². The molecule has 2 unspecified atom stereocenters. The van der Waals surface area contributed by atoms with Crippen molar-refractivity contribution in [2.75, 3.05) is 18.4 Å². The van der Waals surface area contributed by atoms with Crippen molar-refractivity contribution >= 4 is 21.7 Å². The van der Waals surface area contributed by atoms with Gasteiger partial charge in [0.05, 0.1) is 24.3 Å². The summed E-state index contributed by atoms with van der Waals surface area (Å²) in [5.41, 5.74) is 4.06. The van der Waals surface area contributed by atoms with Crippen LogP contribution < -0.4 is 10.6 Å². The molecule has 0 aliphatic carbocycles. The molecular formula is C19H17BrN6. The molecule has 130 valence electrons. The van der Waals surface area contributed by atoms with Crippen LogP contribution in [0.2, 0.25) is 0 Å². The van der Waals surface area contributed by atoms with Gasteiger partial charge in [0, 0.05) is 28.2 Å². The Morgan fingerprint density at radius 3 is 2.96 bits per heavy atom. The van der Waals surface area contributed by atoms with Gasteiger partial charge in [0.15, 0.2) is 5.70 Å². The average Bonchev–Trinajstić information content (AvgIpc) is 3.16. The van der Waals surface area contributed by atoms with Crippen molar-refractivity contribution in [2.24, 2.45) is 5.92 Å². The third-order valence-corrected chi connectivity index (χ3v) is 5.96. The van der Waals surface area contributed by atoms with E-state index in [1.54, 1.807) is 12.3 Å². The second-order valence-electron chi connectivity index (χ2n) is 6.53. The SMILES string of the molecule is [C-]#[N+]C1=C(C2CCCNC2)Nc2[nH]ncc2C1c1cccc(C#N)c1Br. The number of hydrogen-bond donors (Lipinski definition) is 3. The molecule has 0 radical (unpaired) electrons. The summed E-state index contributed by atoms with van der Waals surface area (Å²) >= 11 is 3.58. The highest BCUT2D eigenvalue weighted by atomic mass is 79.9. The highest BCUT2D eigenvalue weighted by molar-refractivity contribution is 9.10. The second-order valence-corrected chi connectivity index (χ2v) is 7.33. The summed E-state index contributed by atoms with van der Waals surface area (Å²) < 4.78 is 0.740. The number of hydrogen-bond acceptors (Lipinski definition) is 4. The van der Waals surface area contributed by atoms with Crippen molar-refractivity contribution < 1.29 is 0 Å². The van der Waals surface area contributed by atoms with Crippen LogP contribution in [0.5, 0.6) is 0 Å². The number of nitrogens with zero attached hydrogens (tertiary/aromatic N) is 3. The van der Waals surface area contributed by atoms with Gasteiger partial charge in [-0.1, -0.05) is 12.1 Å². The lowest BCUT2D eigenvalue weighted by atomic mass is 9.82. The van der Waals surface area contributed by atoms with Crippen LogP contribution in [0.1, 0.15) is 35.4 Å². The largest absolute Gasteiger partial charge is 0.354 e. The Labute approximate surface area is 160 Å². The molecule has 1 aromatic heterocycles. The maximum Gasteiger partial charge on any atom is 0.196 e. The van der Waals surface area contributed by atoms with Crippen LogP contribution in [-0.2, 0) is 0 Å². The van der Waals surface area contributed by atoms with Gasteiger partial charge in [-0.2, -0.15) is 10.4 Å². The highest BCUT2D eigenvalue weighted by Gasteiger charge is 2.36. The Kier molecular flexibility index (Phi) is 4.50. The molecule has 26 heavy (non-hydrogen) atoms. The van der Waals surface area contributed by atoms with E-state index in [1.807, 2.05) is 12.1 Å². The quantitative estimate of drug-likeness (QED) is 0.661. The predicted molar refractivity (Wildman–Crippen MR) is 102 cm³/mol. The molecule has 1 fully saturated rings. The van der Waals surface area contributed by atoms with Crippen molar-refractivity contribution in [1.29, 1.82) is 5.26 Å². The fourth-order valence-electron chi connectivity index (χ4n) is 3.82. The van der Waals surface area contributed by atoms with E-state index in [4.69, 9.17) is 6.57 Å². The maximum atomic E-state index is 9.38. The first-order chi connectivity index (χ1) is 12.7. The van der Waals surface area contributed by atoms with Crippen molar-refractivity contribution in [3.8, 4) is 6.07 Å². The number of rotatable bonds is 2. The second kappa shape index (κ2) is 6.95. The minimum Gasteiger partial charge on any atom is -0.354 e. The van der Waals surface area contributed by atoms with Crippen LogP contribution >= 0.6 is 15.9 Å². The molecule has 2 aliphatic heterocycles. The lowest BCUT2D eigenvalue weighted by Gasteiger charge is -2.33. The van der Waals surface area contributed by atoms with Gasteiger partial charge in [0.25, 0.3) is 0 Å². The maximum absolute atomic E-state index is 9.38. The number of aromatic amines is 1. The smallest absolute Gasteiger partial charge is 0.196 e. The van der Waals surface area contributed by atoms with Gasteiger partial charge in [-0.05, 0) is 46.9 Å². The molecule has 6 nitrogen and oxygen atoms in total. The zero-order chi connectivity index (χ0) is 18.1. The molecule has 2 aromatic rings. The van der Waals surface area contributed by atoms with Gasteiger partial charge < -0.3 is 10.6 Å². The van der Waals surface area contributed by atoms with Crippen molar-refractivity contribution in [2.45, 2.75) is 18.8 Å². The number of benzene rings is 1. The molecular weight excluding hydrogens is 392 g/mol. The van der Waals surface area contributed by atoms with Crippen molar-refractivity contribution in [1.82, 2.24) is 15.5 Å². The summed E-state index contributed by atoms with van der Waals surface area (Å²) in [5, 5.41) is 23.4. The summed E-state index contributed by atoms with van der Waals surface area (Å²) in [6.07, 6.45) is 3.90. The Morgan fingerprint density at radius 2 is 2.23 bits per heavy atom. The lowest BCUT2D eigenvalue weighted by molar-refractivity contribution is 0.420. The van der Waals surface area contributed by atoms with E-state index in [0.29, 0.717) is 11.3 Å². The minimum absolute atomic E-state index is 0.248. The van der Waals surface area contributed by atoms with E-state index in [2.05, 4.69) is 47.7 Å². The summed E-state index contributed by atoms with van der Waals surface area (Å²) in [7, 11) is 0. The van der Waals surface area contributed by atoms with Crippen molar-refractivity contribution in [3.63, 3.8) is 0 Å². The molecule has 0 spiro atoms. The van der Waals surface area contributed by atoms with E-state index in [0.717, 1.165) is 53.0 Å². The van der Waals surface area contributed by atoms with E-state index >= 15 is 0 Å². The van der Waals surface area contributed by atoms with Crippen LogP contribution in [0.3, 0.4) is 0 Å². The van der Waals surface area contributed by atoms with E-state index in [-0.39, 0.29) is 11.8 Å². The molecule has 0 bridgehead atoms. The predicted octanol–water partition coefficient (Wildman–Crippen LogP) is 3.73. The number of anilines is 1. The third kappa shape index (κ3) is 2.70. The first-order valence-corrected chi connectivity index (χ1v) is 9.35. The first kappa shape index (κ1) is 16.8. The van der Waals surface area contributed by atoms with Crippen LogP contribution in [0.4, 0.5) is 5.82 Å². The standard InChI is InChI=1S/C19H17BrN6/c1-22-18-15(13-6-2-4-11(8-21)16(13)20)14-10-24-26-19(14)25-17(18)12-5-3-7-23-9-12/h2,4,6,10,12,15,23H,3,5,7,9H2,(H2,24,25,26). The number of allylic oxidation sites excluding steroid dienone is 1. The summed E-state index contributed by atoms with van der Waals surface area (Å²) in [4.78, 5) is 3.93. The third-order valence-electron chi connectivity index (χ3n) is 5.07. The zero-order valence-corrected chi connectivity index (χ0v) is 15.6. The molecule has 0 amide bonds. The number of H-pyrrole nitrogens is 1. The van der Waals surface area contributed by atoms with Gasteiger partial charge in [-0.15, -0.1) is 0 Å². The Hall–Kier alpha value is -2.61. The summed E-state index contributed by atoms with van der Waals surface area (Å²) in [5.74, 6) is 0.851. The van der Waals surface area contributed by atoms with E-state index in [1.165, 1.54) is 0 Å². The molecule has 1 saturated heterocycles. The molecule has 7 heteroatoms. The van der Waals surface area contributed by atoms with Crippen LogP contribution in [0.15, 0.2) is 40.3 Å². The van der Waals surface area contributed by atoms with Gasteiger partial charge >= 0.3 is 0 Å². The highest BCUT2D eigenvalue weighted by Crippen LogP contribution is 2.46. The summed E-state index contributed by atoms with van der Waals surface area (Å²) in [6, 6.07) is 7.82. The van der Waals surface area contributed by atoms with Gasteiger partial charge in [0.2, 0.25) is 0 Å². The molecule has 3 heterocycles. The van der Waals surface area contributed by atoms with Crippen LogP contribution in [0.25, 0.3) is 4.85 Å². The van der Waals surface area contributed by atoms with Crippen LogP contribution in [0, 0.1) is 23.8 Å². The molecule has 2 aliphatic rings. The fraction of sp³-hybridized carbons (Fsp3) is 0.316. The number of nitrogens with one attached hydrogen (secondary N) is 3. The fourth-order valence-corrected chi connectivity index (χ4v) is 4.41. The number of piperidine rings is 1. The normalized spacial score (nSPS) is 22.1. The monoisotopic (exact) mass is 408 g/mol. The molecule has 1 aromatic carbocycles. The Balaban J connectivity index is 1.90. The van der Waals surface area contributed by atoms with Gasteiger partial charge in [0.1, 0.15) is 11.9 Å². The van der Waals surface area contributed by atoms with E-state index in [9.17, 15) is 5.26 Å². The lowest BCUT2D eigenvalue weighted by Crippen LogP contribution is -2.34. The minimum atomic E-state index is -0.248. The molecule has 3 N–H and O–H groups in total. The van der Waals surface area contributed by atoms with Gasteiger partial charge in [-0.3, -0.25) is 5.10 Å². The first-order valence-electron chi connectivity index (χ1n) is 8.55. The summed E-state index contributed by atoms with van der Waals surface area (Å²) in [6.45, 7) is 9.76. The number of fused-ring (bicyclic) bond motifs is 1. The number of aromatic nitrogens is 2. The zero-order valence-electron chi connectivity index (χ0n) is 14.0.